The van der Waals surface area contributed by atoms with Gasteiger partial charge < -0.3 is 19.7 Å². The summed E-state index contributed by atoms with van der Waals surface area (Å²) < 4.78 is 11.2. The van der Waals surface area contributed by atoms with Crippen LogP contribution in [0.4, 0.5) is 10.5 Å². The molecule has 0 aromatic heterocycles. The van der Waals surface area contributed by atoms with Crippen LogP contribution < -0.4 is 5.32 Å². The Morgan fingerprint density at radius 1 is 1.25 bits per heavy atom. The molecule has 24 heavy (non-hydrogen) atoms. The maximum Gasteiger partial charge on any atom is 0.410 e. The molecular weight excluding hydrogens is 304 g/mol. The molecule has 1 N–H and O–H groups in total. The number of fused-ring (bicyclic) bond motifs is 4. The number of amides is 1. The first kappa shape index (κ1) is 15.8. The molecule has 0 bridgehead atoms. The molecule has 0 saturated carbocycles. The molecule has 4 rings (SSSR count). The van der Waals surface area contributed by atoms with Crippen molar-refractivity contribution in [2.75, 3.05) is 25.0 Å². The lowest BCUT2D eigenvalue weighted by Crippen LogP contribution is -2.47. The second-order valence-electron chi connectivity index (χ2n) is 8.22. The van der Waals surface area contributed by atoms with E-state index in [2.05, 4.69) is 17.4 Å². The van der Waals surface area contributed by atoms with E-state index in [4.69, 9.17) is 9.47 Å². The SMILES string of the molecule is CC(C)(C)OC(=O)N1CCC2(CC1)CNc1ccc3c(c12)COC3. The van der Waals surface area contributed by atoms with E-state index in [1.165, 1.54) is 22.4 Å². The van der Waals surface area contributed by atoms with Crippen LogP contribution in [-0.2, 0) is 28.1 Å². The average molecular weight is 330 g/mol. The Kier molecular flexibility index (Phi) is 3.53. The Labute approximate surface area is 143 Å². The van der Waals surface area contributed by atoms with Crippen LogP contribution in [-0.4, -0.2) is 36.2 Å². The molecule has 0 atom stereocenters. The van der Waals surface area contributed by atoms with E-state index in [0.717, 1.165) is 45.7 Å². The van der Waals surface area contributed by atoms with Gasteiger partial charge in [0.05, 0.1) is 13.2 Å². The number of anilines is 1. The minimum atomic E-state index is -0.439. The van der Waals surface area contributed by atoms with Gasteiger partial charge in [-0.05, 0) is 56.4 Å². The molecule has 3 aliphatic heterocycles. The topological polar surface area (TPSA) is 50.8 Å². The van der Waals surface area contributed by atoms with Crippen molar-refractivity contribution in [3.05, 3.63) is 28.8 Å². The zero-order chi connectivity index (χ0) is 16.9. The number of ether oxygens (including phenoxy) is 2. The van der Waals surface area contributed by atoms with Gasteiger partial charge in [-0.3, -0.25) is 0 Å². The van der Waals surface area contributed by atoms with Crippen LogP contribution in [0.25, 0.3) is 0 Å². The highest BCUT2D eigenvalue weighted by Gasteiger charge is 2.45. The fraction of sp³-hybridized carbons (Fsp3) is 0.632. The summed E-state index contributed by atoms with van der Waals surface area (Å²) in [7, 11) is 0. The van der Waals surface area contributed by atoms with Crippen molar-refractivity contribution in [1.29, 1.82) is 0 Å². The summed E-state index contributed by atoms with van der Waals surface area (Å²) in [5, 5.41) is 3.58. The lowest BCUT2D eigenvalue weighted by molar-refractivity contribution is 0.0171. The zero-order valence-electron chi connectivity index (χ0n) is 14.8. The molecule has 0 unspecified atom stereocenters. The molecule has 5 heteroatoms. The molecular formula is C19H26N2O3. The Morgan fingerprint density at radius 2 is 2.00 bits per heavy atom. The third-order valence-corrected chi connectivity index (χ3v) is 5.43. The van der Waals surface area contributed by atoms with Crippen molar-refractivity contribution in [2.45, 2.75) is 57.8 Å². The number of nitrogens with one attached hydrogen (secondary N) is 1. The Hall–Kier alpha value is -1.75. The first-order valence-corrected chi connectivity index (χ1v) is 8.83. The maximum absolute atomic E-state index is 12.3. The number of carbonyl (C=O) groups is 1. The van der Waals surface area contributed by atoms with Gasteiger partial charge in [0.2, 0.25) is 0 Å². The summed E-state index contributed by atoms with van der Waals surface area (Å²) in [6, 6.07) is 4.38. The van der Waals surface area contributed by atoms with Gasteiger partial charge in [-0.15, -0.1) is 0 Å². The number of rotatable bonds is 0. The summed E-state index contributed by atoms with van der Waals surface area (Å²) in [5.74, 6) is 0. The van der Waals surface area contributed by atoms with Crippen LogP contribution in [0.2, 0.25) is 0 Å². The maximum atomic E-state index is 12.3. The van der Waals surface area contributed by atoms with Gasteiger partial charge in [0.15, 0.2) is 0 Å². The van der Waals surface area contributed by atoms with Crippen molar-refractivity contribution in [3.63, 3.8) is 0 Å². The molecule has 5 nitrogen and oxygen atoms in total. The summed E-state index contributed by atoms with van der Waals surface area (Å²) in [5.41, 5.74) is 5.10. The van der Waals surface area contributed by atoms with Crippen molar-refractivity contribution < 1.29 is 14.3 Å². The highest BCUT2D eigenvalue weighted by molar-refractivity contribution is 5.69. The highest BCUT2D eigenvalue weighted by atomic mass is 16.6. The number of hydrogen-bond donors (Lipinski definition) is 1. The predicted molar refractivity (Wildman–Crippen MR) is 92.1 cm³/mol. The van der Waals surface area contributed by atoms with E-state index in [9.17, 15) is 4.79 Å². The Balaban J connectivity index is 1.53. The Bertz CT molecular complexity index is 670. The van der Waals surface area contributed by atoms with E-state index in [-0.39, 0.29) is 11.5 Å². The first-order chi connectivity index (χ1) is 11.4. The van der Waals surface area contributed by atoms with E-state index < -0.39 is 5.60 Å². The van der Waals surface area contributed by atoms with Gasteiger partial charge in [0.1, 0.15) is 5.60 Å². The van der Waals surface area contributed by atoms with Gasteiger partial charge in [0, 0.05) is 30.7 Å². The number of likely N-dealkylation sites (tertiary alicyclic amines) is 1. The number of piperidine rings is 1. The third kappa shape index (κ3) is 2.55. The van der Waals surface area contributed by atoms with E-state index in [1.807, 2.05) is 25.7 Å². The second kappa shape index (κ2) is 5.38. The van der Waals surface area contributed by atoms with Crippen LogP contribution in [0.3, 0.4) is 0 Å². The van der Waals surface area contributed by atoms with Crippen LogP contribution in [0, 0.1) is 0 Å². The number of carbonyl (C=O) groups excluding carboxylic acids is 1. The summed E-state index contributed by atoms with van der Waals surface area (Å²) in [6.45, 7) is 9.65. The molecule has 1 spiro atoms. The average Bonchev–Trinajstić information content (AvgIpc) is 3.11. The van der Waals surface area contributed by atoms with Crippen molar-refractivity contribution in [3.8, 4) is 0 Å². The molecule has 130 valence electrons. The lowest BCUT2D eigenvalue weighted by atomic mass is 9.72. The third-order valence-electron chi connectivity index (χ3n) is 5.43. The lowest BCUT2D eigenvalue weighted by Gasteiger charge is -2.40. The standard InChI is InChI=1S/C19H26N2O3/c1-18(2,3)24-17(22)21-8-6-19(7-9-21)12-20-15-5-4-13-10-23-11-14(13)16(15)19/h4-5,20H,6-12H2,1-3H3. The molecule has 1 fully saturated rings. The van der Waals surface area contributed by atoms with E-state index in [1.54, 1.807) is 0 Å². The van der Waals surface area contributed by atoms with Crippen LogP contribution in [0.1, 0.15) is 50.3 Å². The van der Waals surface area contributed by atoms with Gasteiger partial charge in [0.25, 0.3) is 0 Å². The monoisotopic (exact) mass is 330 g/mol. The summed E-state index contributed by atoms with van der Waals surface area (Å²) in [4.78, 5) is 14.2. The van der Waals surface area contributed by atoms with Gasteiger partial charge in [-0.2, -0.15) is 0 Å². The van der Waals surface area contributed by atoms with Crippen LogP contribution in [0.15, 0.2) is 12.1 Å². The minimum Gasteiger partial charge on any atom is -0.444 e. The van der Waals surface area contributed by atoms with Gasteiger partial charge in [-0.1, -0.05) is 6.07 Å². The fourth-order valence-electron chi connectivity index (χ4n) is 4.23. The second-order valence-corrected chi connectivity index (χ2v) is 8.22. The summed E-state index contributed by atoms with van der Waals surface area (Å²) in [6.07, 6.45) is 1.76. The smallest absolute Gasteiger partial charge is 0.410 e. The van der Waals surface area contributed by atoms with Crippen LogP contribution in [0.5, 0.6) is 0 Å². The van der Waals surface area contributed by atoms with Crippen LogP contribution >= 0.6 is 0 Å². The van der Waals surface area contributed by atoms with E-state index >= 15 is 0 Å². The molecule has 1 aromatic carbocycles. The molecule has 1 aromatic rings. The van der Waals surface area contributed by atoms with E-state index in [0.29, 0.717) is 0 Å². The summed E-state index contributed by atoms with van der Waals surface area (Å²) >= 11 is 0. The zero-order valence-corrected chi connectivity index (χ0v) is 14.8. The fourth-order valence-corrected chi connectivity index (χ4v) is 4.23. The quantitative estimate of drug-likeness (QED) is 0.792. The molecule has 3 heterocycles. The largest absolute Gasteiger partial charge is 0.444 e. The van der Waals surface area contributed by atoms with Crippen molar-refractivity contribution >= 4 is 11.8 Å². The molecule has 3 aliphatic rings. The van der Waals surface area contributed by atoms with Crippen molar-refractivity contribution in [2.24, 2.45) is 0 Å². The number of nitrogens with zero attached hydrogens (tertiary/aromatic N) is 1. The normalized spacial score (nSPS) is 21.4. The molecule has 1 saturated heterocycles. The minimum absolute atomic E-state index is 0.132. The Morgan fingerprint density at radius 3 is 2.71 bits per heavy atom. The van der Waals surface area contributed by atoms with Gasteiger partial charge in [-0.25, -0.2) is 4.79 Å². The van der Waals surface area contributed by atoms with Gasteiger partial charge >= 0.3 is 6.09 Å². The molecule has 0 aliphatic carbocycles. The molecule has 0 radical (unpaired) electrons. The number of benzene rings is 1. The molecule has 1 amide bonds. The highest BCUT2D eigenvalue weighted by Crippen LogP contribution is 2.48. The first-order valence-electron chi connectivity index (χ1n) is 8.83. The van der Waals surface area contributed by atoms with Crippen molar-refractivity contribution in [1.82, 2.24) is 4.90 Å². The predicted octanol–water partition coefficient (Wildman–Crippen LogP) is 3.41. The number of hydrogen-bond acceptors (Lipinski definition) is 4.